The Morgan fingerprint density at radius 3 is 1.30 bits per heavy atom. The van der Waals surface area contributed by atoms with Crippen molar-refractivity contribution < 1.29 is 0 Å². The highest BCUT2D eigenvalue weighted by Gasteiger charge is 1.92. The van der Waals surface area contributed by atoms with Gasteiger partial charge in [0.25, 0.3) is 0 Å². The van der Waals surface area contributed by atoms with Crippen molar-refractivity contribution in [1.29, 1.82) is 0 Å². The van der Waals surface area contributed by atoms with E-state index in [0.717, 1.165) is 24.0 Å². The Morgan fingerprint density at radius 2 is 0.933 bits per heavy atom. The number of unbranched alkanes of at least 4 members (excludes halogenated alkanes) is 8. The van der Waals surface area contributed by atoms with E-state index in [1.165, 1.54) is 62.5 Å². The van der Waals surface area contributed by atoms with Gasteiger partial charge in [-0.2, -0.15) is 0 Å². The fraction of sp³-hybridized carbons (Fsp3) is 0.400. The minimum Gasteiger partial charge on any atom is -0.0979 e. The largest absolute Gasteiger partial charge is 0.0979 e. The summed E-state index contributed by atoms with van der Waals surface area (Å²) in [4.78, 5) is 0. The van der Waals surface area contributed by atoms with E-state index in [-0.39, 0.29) is 0 Å². The summed E-state index contributed by atoms with van der Waals surface area (Å²) < 4.78 is 0. The molecule has 2 aromatic rings. The third-order valence-electron chi connectivity index (χ3n) is 5.07. The summed E-state index contributed by atoms with van der Waals surface area (Å²) in [5, 5.41) is 0. The molecule has 0 saturated heterocycles. The average molecular weight is 397 g/mol. The van der Waals surface area contributed by atoms with Gasteiger partial charge < -0.3 is 0 Å². The predicted octanol–water partition coefficient (Wildman–Crippen LogP) is 8.50. The lowest BCUT2D eigenvalue weighted by atomic mass is 10.1. The Kier molecular flexibility index (Phi) is 11.9. The molecule has 0 heterocycles. The molecule has 2 rings (SSSR count). The number of benzene rings is 2. The minimum absolute atomic E-state index is 1.00. The average Bonchev–Trinajstić information content (AvgIpc) is 2.79. The Morgan fingerprint density at radius 1 is 0.533 bits per heavy atom. The van der Waals surface area contributed by atoms with E-state index in [1.807, 2.05) is 0 Å². The maximum absolute atomic E-state index is 3.29. The van der Waals surface area contributed by atoms with Gasteiger partial charge >= 0.3 is 0 Å². The van der Waals surface area contributed by atoms with Gasteiger partial charge in [-0.1, -0.05) is 112 Å². The van der Waals surface area contributed by atoms with Crippen LogP contribution in [0.2, 0.25) is 0 Å². The maximum Gasteiger partial charge on any atom is 0.0245 e. The summed E-state index contributed by atoms with van der Waals surface area (Å²) >= 11 is 0. The topological polar surface area (TPSA) is 0 Å². The van der Waals surface area contributed by atoms with Crippen molar-refractivity contribution in [3.63, 3.8) is 0 Å². The van der Waals surface area contributed by atoms with Gasteiger partial charge in [-0.25, -0.2) is 0 Å². The van der Waals surface area contributed by atoms with E-state index in [4.69, 9.17) is 0 Å². The van der Waals surface area contributed by atoms with E-state index < -0.39 is 0 Å². The van der Waals surface area contributed by atoms with Gasteiger partial charge in [0.05, 0.1) is 0 Å². The molecule has 0 spiro atoms. The first-order valence-corrected chi connectivity index (χ1v) is 11.7. The highest BCUT2D eigenvalue weighted by molar-refractivity contribution is 5.70. The van der Waals surface area contributed by atoms with Gasteiger partial charge in [-0.3, -0.25) is 0 Å². The highest BCUT2D eigenvalue weighted by atomic mass is 14.0. The van der Waals surface area contributed by atoms with E-state index in [9.17, 15) is 0 Å². The van der Waals surface area contributed by atoms with Crippen LogP contribution in [0, 0.1) is 23.7 Å². The SMILES string of the molecule is CCCCCCC#Cc1ccc(C=Cc2ccc(C#CCCCCCC)cc2)cc1. The van der Waals surface area contributed by atoms with Crippen LogP contribution >= 0.6 is 0 Å². The molecular formula is C30H36. The molecule has 0 fully saturated rings. The zero-order valence-electron chi connectivity index (χ0n) is 18.8. The van der Waals surface area contributed by atoms with Crippen molar-refractivity contribution in [2.24, 2.45) is 0 Å². The normalized spacial score (nSPS) is 10.3. The van der Waals surface area contributed by atoms with Crippen LogP contribution < -0.4 is 0 Å². The van der Waals surface area contributed by atoms with Gasteiger partial charge in [-0.15, -0.1) is 0 Å². The highest BCUT2D eigenvalue weighted by Crippen LogP contribution is 2.11. The fourth-order valence-electron chi connectivity index (χ4n) is 3.16. The maximum atomic E-state index is 3.29. The molecule has 0 radical (unpaired) electrons. The molecule has 0 aliphatic heterocycles. The summed E-state index contributed by atoms with van der Waals surface area (Å²) in [6, 6.07) is 17.0. The molecule has 0 nitrogen and oxygen atoms in total. The van der Waals surface area contributed by atoms with Gasteiger partial charge in [0.2, 0.25) is 0 Å². The lowest BCUT2D eigenvalue weighted by Crippen LogP contribution is -1.79. The molecule has 0 N–H and O–H groups in total. The molecule has 156 valence electrons. The monoisotopic (exact) mass is 396 g/mol. The summed E-state index contributed by atoms with van der Waals surface area (Å²) in [5.74, 6) is 13.1. The smallest absolute Gasteiger partial charge is 0.0245 e. The van der Waals surface area contributed by atoms with Gasteiger partial charge in [0.1, 0.15) is 0 Å². The van der Waals surface area contributed by atoms with Gasteiger partial charge in [0.15, 0.2) is 0 Å². The van der Waals surface area contributed by atoms with Crippen LogP contribution in [0.4, 0.5) is 0 Å². The van der Waals surface area contributed by atoms with Crippen molar-refractivity contribution in [2.45, 2.75) is 78.1 Å². The number of hydrogen-bond donors (Lipinski definition) is 0. The van der Waals surface area contributed by atoms with E-state index in [0.29, 0.717) is 0 Å². The van der Waals surface area contributed by atoms with Gasteiger partial charge in [-0.05, 0) is 48.2 Å². The molecule has 0 atom stereocenters. The third kappa shape index (κ3) is 10.2. The summed E-state index contributed by atoms with van der Waals surface area (Å²) in [6.07, 6.45) is 16.5. The fourth-order valence-corrected chi connectivity index (χ4v) is 3.16. The zero-order valence-corrected chi connectivity index (χ0v) is 18.8. The molecule has 2 aromatic carbocycles. The molecule has 0 heteroatoms. The van der Waals surface area contributed by atoms with Crippen LogP contribution in [-0.2, 0) is 0 Å². The summed E-state index contributed by atoms with van der Waals surface area (Å²) in [5.41, 5.74) is 4.58. The summed E-state index contributed by atoms with van der Waals surface area (Å²) in [6.45, 7) is 4.48. The van der Waals surface area contributed by atoms with Crippen LogP contribution in [-0.4, -0.2) is 0 Å². The van der Waals surface area contributed by atoms with Crippen molar-refractivity contribution in [2.75, 3.05) is 0 Å². The lowest BCUT2D eigenvalue weighted by Gasteiger charge is -1.97. The molecule has 0 aromatic heterocycles. The molecular weight excluding hydrogens is 360 g/mol. The van der Waals surface area contributed by atoms with E-state index in [1.54, 1.807) is 0 Å². The first-order chi connectivity index (χ1) is 14.8. The second kappa shape index (κ2) is 15.2. The first-order valence-electron chi connectivity index (χ1n) is 11.7. The van der Waals surface area contributed by atoms with Crippen LogP contribution in [0.5, 0.6) is 0 Å². The minimum atomic E-state index is 1.00. The molecule has 30 heavy (non-hydrogen) atoms. The molecule has 0 aliphatic carbocycles. The van der Waals surface area contributed by atoms with E-state index >= 15 is 0 Å². The van der Waals surface area contributed by atoms with Crippen molar-refractivity contribution in [1.82, 2.24) is 0 Å². The lowest BCUT2D eigenvalue weighted by molar-refractivity contribution is 0.679. The molecule has 0 amide bonds. The molecule has 0 aliphatic rings. The Labute approximate surface area is 184 Å². The second-order valence-electron chi connectivity index (χ2n) is 7.80. The standard InChI is InChI=1S/C30H36/c1-3-5-7-9-11-13-15-27-17-21-29(22-18-27)25-26-30-23-19-28(20-24-30)16-14-12-10-8-6-4-2/h17-26H,3-12H2,1-2H3. The number of rotatable bonds is 10. The zero-order chi connectivity index (χ0) is 21.3. The Bertz CT molecular complexity index is 783. The molecule has 0 bridgehead atoms. The van der Waals surface area contributed by atoms with Crippen LogP contribution in [0.1, 0.15) is 100 Å². The van der Waals surface area contributed by atoms with Crippen molar-refractivity contribution >= 4 is 12.2 Å². The summed E-state index contributed by atoms with van der Waals surface area (Å²) in [7, 11) is 0. The molecule has 0 unspecified atom stereocenters. The van der Waals surface area contributed by atoms with Crippen LogP contribution in [0.15, 0.2) is 48.5 Å². The third-order valence-corrected chi connectivity index (χ3v) is 5.07. The predicted molar refractivity (Wildman–Crippen MR) is 133 cm³/mol. The first kappa shape index (κ1) is 23.6. The van der Waals surface area contributed by atoms with Crippen LogP contribution in [0.3, 0.4) is 0 Å². The number of hydrogen-bond acceptors (Lipinski definition) is 0. The quantitative estimate of drug-likeness (QED) is 0.214. The van der Waals surface area contributed by atoms with E-state index in [2.05, 4.69) is 98.2 Å². The molecule has 0 saturated carbocycles. The Hall–Kier alpha value is -2.70. The van der Waals surface area contributed by atoms with Crippen molar-refractivity contribution in [3.8, 4) is 23.7 Å². The van der Waals surface area contributed by atoms with Gasteiger partial charge in [0, 0.05) is 24.0 Å². The Balaban J connectivity index is 1.80. The van der Waals surface area contributed by atoms with Crippen LogP contribution in [0.25, 0.3) is 12.2 Å². The second-order valence-corrected chi connectivity index (χ2v) is 7.80. The van der Waals surface area contributed by atoms with Crippen molar-refractivity contribution in [3.05, 3.63) is 70.8 Å².